The molecule has 4 rings (SSSR count). The zero-order valence-corrected chi connectivity index (χ0v) is 12.1. The molecule has 19 heavy (non-hydrogen) atoms. The minimum Gasteiger partial charge on any atom is -0.299 e. The number of hydrogen-bond donors (Lipinski definition) is 0. The summed E-state index contributed by atoms with van der Waals surface area (Å²) in [6, 6.07) is 0. The normalized spacial score (nSPS) is 52.5. The molecular weight excluding hydrogens is 232 g/mol. The molecule has 4 aliphatic rings. The molecule has 0 saturated heterocycles. The molecule has 0 aromatic carbocycles. The molecule has 104 valence electrons. The number of Topliss-reactive ketones (excluding diaryl/α,β-unsaturated/α-hetero) is 1. The molecule has 4 aliphatic carbocycles. The van der Waals surface area contributed by atoms with E-state index in [0.717, 1.165) is 36.0 Å². The van der Waals surface area contributed by atoms with E-state index in [4.69, 9.17) is 0 Å². The van der Waals surface area contributed by atoms with Gasteiger partial charge >= 0.3 is 0 Å². The second-order valence-corrected chi connectivity index (χ2v) is 7.80. The molecule has 0 bridgehead atoms. The molecule has 0 amide bonds. The molecule has 0 spiro atoms. The van der Waals surface area contributed by atoms with Gasteiger partial charge in [-0.2, -0.15) is 0 Å². The summed E-state index contributed by atoms with van der Waals surface area (Å²) in [6.45, 7) is 2.29. The van der Waals surface area contributed by atoms with Gasteiger partial charge in [0.15, 0.2) is 0 Å². The van der Waals surface area contributed by atoms with Crippen LogP contribution < -0.4 is 0 Å². The van der Waals surface area contributed by atoms with E-state index in [1.54, 1.807) is 0 Å². The summed E-state index contributed by atoms with van der Waals surface area (Å²) in [5.41, 5.74) is 0.0680. The average molecular weight is 258 g/mol. The SMILES string of the molecule is C[C@]12CC[C@H]3[C@@H](CC[C@@H]4CC=CC[C@@H]43)[C@@H]1CCC2=O. The highest BCUT2D eigenvalue weighted by molar-refractivity contribution is 5.87. The summed E-state index contributed by atoms with van der Waals surface area (Å²) in [5, 5.41) is 0. The van der Waals surface area contributed by atoms with Gasteiger partial charge in [-0.05, 0) is 74.5 Å². The predicted octanol–water partition coefficient (Wildman–Crippen LogP) is 4.37. The first-order chi connectivity index (χ1) is 9.20. The lowest BCUT2D eigenvalue weighted by Gasteiger charge is -2.53. The van der Waals surface area contributed by atoms with Crippen molar-refractivity contribution < 1.29 is 4.79 Å². The first-order valence-electron chi connectivity index (χ1n) is 8.38. The standard InChI is InChI=1S/C18H26O/c1-18-11-10-14-13-5-3-2-4-12(13)6-7-15(14)16(18)8-9-17(18)19/h2-3,12-16H,4-11H2,1H3/t12-,13-,14+,15+,16-,18-/m0/s1. The van der Waals surface area contributed by atoms with Crippen LogP contribution in [0.2, 0.25) is 0 Å². The number of carbonyl (C=O) groups is 1. The predicted molar refractivity (Wildman–Crippen MR) is 76.6 cm³/mol. The van der Waals surface area contributed by atoms with Crippen molar-refractivity contribution in [3.63, 3.8) is 0 Å². The van der Waals surface area contributed by atoms with Crippen molar-refractivity contribution in [1.82, 2.24) is 0 Å². The van der Waals surface area contributed by atoms with E-state index in [1.165, 1.54) is 44.9 Å². The molecule has 0 unspecified atom stereocenters. The molecule has 0 N–H and O–H groups in total. The van der Waals surface area contributed by atoms with Crippen LogP contribution in [0, 0.1) is 35.0 Å². The van der Waals surface area contributed by atoms with Crippen LogP contribution in [0.25, 0.3) is 0 Å². The Morgan fingerprint density at radius 2 is 1.84 bits per heavy atom. The number of hydrogen-bond acceptors (Lipinski definition) is 1. The third-order valence-electron chi connectivity index (χ3n) is 7.24. The summed E-state index contributed by atoms with van der Waals surface area (Å²) < 4.78 is 0. The highest BCUT2D eigenvalue weighted by Gasteiger charge is 2.56. The minimum atomic E-state index is 0.0680. The fraction of sp³-hybridized carbons (Fsp3) is 0.833. The van der Waals surface area contributed by atoms with Crippen LogP contribution in [-0.2, 0) is 4.79 Å². The van der Waals surface area contributed by atoms with Gasteiger partial charge in [0.1, 0.15) is 5.78 Å². The molecule has 1 heteroatoms. The van der Waals surface area contributed by atoms with E-state index in [0.29, 0.717) is 5.78 Å². The van der Waals surface area contributed by atoms with Gasteiger partial charge in [-0.25, -0.2) is 0 Å². The van der Waals surface area contributed by atoms with Crippen molar-refractivity contribution in [2.24, 2.45) is 35.0 Å². The molecule has 0 aromatic heterocycles. The third-order valence-corrected chi connectivity index (χ3v) is 7.24. The largest absolute Gasteiger partial charge is 0.299 e. The van der Waals surface area contributed by atoms with Crippen LogP contribution in [-0.4, -0.2) is 5.78 Å². The maximum absolute atomic E-state index is 12.3. The van der Waals surface area contributed by atoms with Crippen molar-refractivity contribution in [3.05, 3.63) is 12.2 Å². The maximum Gasteiger partial charge on any atom is 0.139 e. The number of carbonyl (C=O) groups excluding carboxylic acids is 1. The lowest BCUT2D eigenvalue weighted by Crippen LogP contribution is -2.47. The van der Waals surface area contributed by atoms with Gasteiger partial charge in [-0.1, -0.05) is 19.1 Å². The summed E-state index contributed by atoms with van der Waals surface area (Å²) in [5.74, 6) is 5.04. The Morgan fingerprint density at radius 3 is 2.74 bits per heavy atom. The van der Waals surface area contributed by atoms with Gasteiger partial charge < -0.3 is 0 Å². The second-order valence-electron chi connectivity index (χ2n) is 7.80. The Kier molecular flexibility index (Phi) is 2.69. The molecule has 1 nitrogen and oxygen atoms in total. The van der Waals surface area contributed by atoms with Crippen LogP contribution in [0.3, 0.4) is 0 Å². The fourth-order valence-corrected chi connectivity index (χ4v) is 6.19. The van der Waals surface area contributed by atoms with Gasteiger partial charge in [-0.15, -0.1) is 0 Å². The van der Waals surface area contributed by atoms with Crippen molar-refractivity contribution >= 4 is 5.78 Å². The average Bonchev–Trinajstić information content (AvgIpc) is 2.75. The number of fused-ring (bicyclic) bond motifs is 5. The van der Waals surface area contributed by atoms with Gasteiger partial charge in [0, 0.05) is 11.8 Å². The fourth-order valence-electron chi connectivity index (χ4n) is 6.19. The molecule has 0 radical (unpaired) electrons. The quantitative estimate of drug-likeness (QED) is 0.589. The first kappa shape index (κ1) is 12.2. The Morgan fingerprint density at radius 1 is 1.00 bits per heavy atom. The summed E-state index contributed by atoms with van der Waals surface area (Å²) in [7, 11) is 0. The minimum absolute atomic E-state index is 0.0680. The van der Waals surface area contributed by atoms with Crippen LogP contribution in [0.15, 0.2) is 12.2 Å². The van der Waals surface area contributed by atoms with E-state index in [1.807, 2.05) is 0 Å². The van der Waals surface area contributed by atoms with Crippen molar-refractivity contribution in [3.8, 4) is 0 Å². The summed E-state index contributed by atoms with van der Waals surface area (Å²) >= 11 is 0. The smallest absolute Gasteiger partial charge is 0.139 e. The number of allylic oxidation sites excluding steroid dienone is 2. The van der Waals surface area contributed by atoms with Crippen LogP contribution in [0.5, 0.6) is 0 Å². The molecular formula is C18H26O. The lowest BCUT2D eigenvalue weighted by molar-refractivity contribution is -0.132. The van der Waals surface area contributed by atoms with E-state index < -0.39 is 0 Å². The number of rotatable bonds is 0. The zero-order chi connectivity index (χ0) is 13.0. The van der Waals surface area contributed by atoms with E-state index in [9.17, 15) is 4.79 Å². The molecule has 6 atom stereocenters. The monoisotopic (exact) mass is 258 g/mol. The number of ketones is 1. The Labute approximate surface area is 116 Å². The highest BCUT2D eigenvalue weighted by Crippen LogP contribution is 2.60. The van der Waals surface area contributed by atoms with Gasteiger partial charge in [0.2, 0.25) is 0 Å². The molecule has 0 aromatic rings. The summed E-state index contributed by atoms with van der Waals surface area (Å²) in [6.07, 6.45) is 14.9. The summed E-state index contributed by atoms with van der Waals surface area (Å²) in [4.78, 5) is 12.3. The van der Waals surface area contributed by atoms with Crippen molar-refractivity contribution in [2.75, 3.05) is 0 Å². The molecule has 3 fully saturated rings. The molecule has 0 heterocycles. The van der Waals surface area contributed by atoms with Crippen LogP contribution >= 0.6 is 0 Å². The van der Waals surface area contributed by atoms with Crippen molar-refractivity contribution in [2.45, 2.75) is 58.3 Å². The Bertz CT molecular complexity index is 423. The molecule has 3 saturated carbocycles. The highest BCUT2D eigenvalue weighted by atomic mass is 16.1. The van der Waals surface area contributed by atoms with E-state index >= 15 is 0 Å². The van der Waals surface area contributed by atoms with Crippen molar-refractivity contribution in [1.29, 1.82) is 0 Å². The maximum atomic E-state index is 12.3. The lowest BCUT2D eigenvalue weighted by atomic mass is 9.51. The van der Waals surface area contributed by atoms with Gasteiger partial charge in [-0.3, -0.25) is 4.79 Å². The topological polar surface area (TPSA) is 17.1 Å². The van der Waals surface area contributed by atoms with Gasteiger partial charge in [0.25, 0.3) is 0 Å². The second kappa shape index (κ2) is 4.20. The third kappa shape index (κ3) is 1.63. The van der Waals surface area contributed by atoms with E-state index in [-0.39, 0.29) is 5.41 Å². The Balaban J connectivity index is 1.63. The van der Waals surface area contributed by atoms with Gasteiger partial charge in [0.05, 0.1) is 0 Å². The van der Waals surface area contributed by atoms with Crippen LogP contribution in [0.4, 0.5) is 0 Å². The first-order valence-corrected chi connectivity index (χ1v) is 8.38. The zero-order valence-electron chi connectivity index (χ0n) is 12.1. The molecule has 0 aliphatic heterocycles. The van der Waals surface area contributed by atoms with E-state index in [2.05, 4.69) is 19.1 Å². The van der Waals surface area contributed by atoms with Crippen LogP contribution in [0.1, 0.15) is 58.3 Å². The Hall–Kier alpha value is -0.590.